The van der Waals surface area contributed by atoms with Gasteiger partial charge in [-0.15, -0.1) is 0 Å². The molecule has 0 bridgehead atoms. The molecule has 0 spiro atoms. The minimum absolute atomic E-state index is 0.351. The fraction of sp³-hybridized carbons (Fsp3) is 0.412. The molecule has 9 nitrogen and oxygen atoms in total. The van der Waals surface area contributed by atoms with Gasteiger partial charge in [0.15, 0.2) is 6.10 Å². The first-order chi connectivity index (χ1) is 12.3. The highest BCUT2D eigenvalue weighted by Gasteiger charge is 2.41. The van der Waals surface area contributed by atoms with E-state index in [1.807, 2.05) is 12.1 Å². The Morgan fingerprint density at radius 3 is 2.69 bits per heavy atom. The SMILES string of the molecule is CC(=O)N[C@@H]1[C@@H](N)C=C(C(=O)O)O[C@H]1C(=O)N(C)CCc1ccccn1. The summed E-state index contributed by atoms with van der Waals surface area (Å²) in [6.45, 7) is 1.64. The molecule has 2 rings (SSSR count). The van der Waals surface area contributed by atoms with Crippen molar-refractivity contribution in [3.8, 4) is 0 Å². The van der Waals surface area contributed by atoms with Crippen LogP contribution >= 0.6 is 0 Å². The fourth-order valence-corrected chi connectivity index (χ4v) is 2.62. The smallest absolute Gasteiger partial charge is 0.370 e. The number of hydrogen-bond donors (Lipinski definition) is 3. The number of aliphatic carboxylic acids is 1. The number of carboxylic acids is 1. The second kappa shape index (κ2) is 8.43. The van der Waals surface area contributed by atoms with Gasteiger partial charge in [0.2, 0.25) is 11.7 Å². The highest BCUT2D eigenvalue weighted by atomic mass is 16.5. The first-order valence-electron chi connectivity index (χ1n) is 8.09. The van der Waals surface area contributed by atoms with Crippen molar-refractivity contribution in [3.05, 3.63) is 41.9 Å². The molecule has 0 fully saturated rings. The number of hydrogen-bond acceptors (Lipinski definition) is 6. The third kappa shape index (κ3) is 4.79. The first kappa shape index (κ1) is 19.4. The van der Waals surface area contributed by atoms with Gasteiger partial charge in [0.25, 0.3) is 5.91 Å². The van der Waals surface area contributed by atoms with Crippen molar-refractivity contribution in [2.24, 2.45) is 5.73 Å². The molecule has 0 unspecified atom stereocenters. The minimum Gasteiger partial charge on any atom is -0.475 e. The Kier molecular flexibility index (Phi) is 6.29. The average Bonchev–Trinajstić information content (AvgIpc) is 2.61. The molecule has 1 aromatic heterocycles. The first-order valence-corrected chi connectivity index (χ1v) is 8.09. The number of ether oxygens (including phenoxy) is 1. The number of nitrogens with zero attached hydrogens (tertiary/aromatic N) is 2. The molecule has 0 aromatic carbocycles. The molecule has 0 saturated heterocycles. The van der Waals surface area contributed by atoms with E-state index in [4.69, 9.17) is 15.6 Å². The molecule has 2 amide bonds. The Morgan fingerprint density at radius 1 is 1.38 bits per heavy atom. The summed E-state index contributed by atoms with van der Waals surface area (Å²) in [6, 6.07) is 3.77. The van der Waals surface area contributed by atoms with Crippen LogP contribution in [0, 0.1) is 0 Å². The van der Waals surface area contributed by atoms with Crippen LogP contribution in [0.15, 0.2) is 36.2 Å². The Balaban J connectivity index is 2.12. The molecule has 3 atom stereocenters. The number of pyridine rings is 1. The van der Waals surface area contributed by atoms with Gasteiger partial charge in [-0.05, 0) is 18.2 Å². The van der Waals surface area contributed by atoms with Crippen LogP contribution in [-0.2, 0) is 25.5 Å². The lowest BCUT2D eigenvalue weighted by atomic mass is 9.97. The predicted octanol–water partition coefficient (Wildman–Crippen LogP) is -0.718. The molecule has 0 aliphatic carbocycles. The van der Waals surface area contributed by atoms with Gasteiger partial charge in [-0.1, -0.05) is 6.07 Å². The molecule has 9 heteroatoms. The van der Waals surface area contributed by atoms with E-state index >= 15 is 0 Å². The third-order valence-electron chi connectivity index (χ3n) is 3.97. The van der Waals surface area contributed by atoms with E-state index in [0.29, 0.717) is 13.0 Å². The maximum absolute atomic E-state index is 12.8. The van der Waals surface area contributed by atoms with Crippen LogP contribution in [0.3, 0.4) is 0 Å². The minimum atomic E-state index is -1.32. The predicted molar refractivity (Wildman–Crippen MR) is 91.7 cm³/mol. The van der Waals surface area contributed by atoms with E-state index in [9.17, 15) is 14.4 Å². The topological polar surface area (TPSA) is 135 Å². The maximum Gasteiger partial charge on any atom is 0.370 e. The van der Waals surface area contributed by atoms with Gasteiger partial charge in [-0.3, -0.25) is 14.6 Å². The number of rotatable bonds is 6. The second-order valence-electron chi connectivity index (χ2n) is 6.01. The van der Waals surface area contributed by atoms with Crippen LogP contribution in [0.5, 0.6) is 0 Å². The number of likely N-dealkylation sites (N-methyl/N-ethyl adjacent to an activating group) is 1. The highest BCUT2D eigenvalue weighted by Crippen LogP contribution is 2.19. The van der Waals surface area contributed by atoms with Gasteiger partial charge in [0, 0.05) is 38.8 Å². The van der Waals surface area contributed by atoms with Crippen molar-refractivity contribution < 1.29 is 24.2 Å². The monoisotopic (exact) mass is 362 g/mol. The molecule has 0 radical (unpaired) electrons. The van der Waals surface area contributed by atoms with Gasteiger partial charge < -0.3 is 25.8 Å². The quantitative estimate of drug-likeness (QED) is 0.608. The van der Waals surface area contributed by atoms with Crippen molar-refractivity contribution >= 4 is 17.8 Å². The summed E-state index contributed by atoms with van der Waals surface area (Å²) in [7, 11) is 1.57. The summed E-state index contributed by atoms with van der Waals surface area (Å²) >= 11 is 0. The summed E-state index contributed by atoms with van der Waals surface area (Å²) in [5, 5.41) is 11.7. The van der Waals surface area contributed by atoms with Crippen LogP contribution in [-0.4, -0.2) is 64.6 Å². The molecule has 0 saturated carbocycles. The Labute approximate surface area is 150 Å². The Hall–Kier alpha value is -2.94. The fourth-order valence-electron chi connectivity index (χ4n) is 2.62. The van der Waals surface area contributed by atoms with E-state index in [0.717, 1.165) is 5.69 Å². The number of aromatic nitrogens is 1. The van der Waals surface area contributed by atoms with Gasteiger partial charge in [-0.25, -0.2) is 4.79 Å². The van der Waals surface area contributed by atoms with Crippen molar-refractivity contribution in [1.29, 1.82) is 0 Å². The molecule has 1 aliphatic rings. The van der Waals surface area contributed by atoms with Crippen molar-refractivity contribution in [3.63, 3.8) is 0 Å². The number of carbonyl (C=O) groups is 3. The normalized spacial score (nSPS) is 22.0. The highest BCUT2D eigenvalue weighted by molar-refractivity contribution is 5.88. The van der Waals surface area contributed by atoms with Crippen LogP contribution in [0.2, 0.25) is 0 Å². The van der Waals surface area contributed by atoms with E-state index < -0.39 is 41.7 Å². The van der Waals surface area contributed by atoms with E-state index in [-0.39, 0.29) is 0 Å². The molecule has 4 N–H and O–H groups in total. The third-order valence-corrected chi connectivity index (χ3v) is 3.97. The van der Waals surface area contributed by atoms with E-state index in [1.165, 1.54) is 17.9 Å². The van der Waals surface area contributed by atoms with Crippen molar-refractivity contribution in [2.75, 3.05) is 13.6 Å². The Morgan fingerprint density at radius 2 is 2.12 bits per heavy atom. The zero-order valence-corrected chi connectivity index (χ0v) is 14.6. The second-order valence-corrected chi connectivity index (χ2v) is 6.01. The summed E-state index contributed by atoms with van der Waals surface area (Å²) in [4.78, 5) is 41.0. The van der Waals surface area contributed by atoms with Crippen molar-refractivity contribution in [2.45, 2.75) is 31.5 Å². The summed E-state index contributed by atoms with van der Waals surface area (Å²) in [6.07, 6.45) is 2.14. The van der Waals surface area contributed by atoms with Gasteiger partial charge in [0.1, 0.15) is 0 Å². The number of carbonyl (C=O) groups excluding carboxylic acids is 2. The van der Waals surface area contributed by atoms with Crippen LogP contribution in [0.25, 0.3) is 0 Å². The number of amides is 2. The van der Waals surface area contributed by atoms with Gasteiger partial charge in [-0.2, -0.15) is 0 Å². The number of nitrogens with two attached hydrogens (primary N) is 1. The molecule has 2 heterocycles. The molecule has 1 aliphatic heterocycles. The standard InChI is InChI=1S/C17H22N4O5/c1-10(22)20-14-12(18)9-13(17(24)25)26-15(14)16(23)21(2)8-6-11-5-3-4-7-19-11/h3-5,7,9,12,14-15H,6,8,18H2,1-2H3,(H,20,22)(H,24,25)/t12-,14+,15+/m0/s1. The lowest BCUT2D eigenvalue weighted by molar-refractivity contribution is -0.148. The lowest BCUT2D eigenvalue weighted by Crippen LogP contribution is -2.61. The largest absolute Gasteiger partial charge is 0.475 e. The van der Waals surface area contributed by atoms with Crippen molar-refractivity contribution in [1.82, 2.24) is 15.2 Å². The number of carboxylic acid groups (broad SMARTS) is 1. The van der Waals surface area contributed by atoms with E-state index in [2.05, 4.69) is 10.3 Å². The van der Waals surface area contributed by atoms with Crippen LogP contribution in [0.4, 0.5) is 0 Å². The van der Waals surface area contributed by atoms with Crippen LogP contribution < -0.4 is 11.1 Å². The number of nitrogens with one attached hydrogen (secondary N) is 1. The summed E-state index contributed by atoms with van der Waals surface area (Å²) < 4.78 is 5.33. The molecular weight excluding hydrogens is 340 g/mol. The van der Waals surface area contributed by atoms with Gasteiger partial charge in [0.05, 0.1) is 12.1 Å². The molecular formula is C17H22N4O5. The van der Waals surface area contributed by atoms with Crippen LogP contribution in [0.1, 0.15) is 12.6 Å². The molecule has 1 aromatic rings. The zero-order valence-electron chi connectivity index (χ0n) is 14.6. The Bertz CT molecular complexity index is 706. The van der Waals surface area contributed by atoms with Gasteiger partial charge >= 0.3 is 5.97 Å². The summed E-state index contributed by atoms with van der Waals surface area (Å²) in [5.74, 6) is -2.59. The molecule has 140 valence electrons. The lowest BCUT2D eigenvalue weighted by Gasteiger charge is -2.36. The maximum atomic E-state index is 12.8. The summed E-state index contributed by atoms with van der Waals surface area (Å²) in [5.41, 5.74) is 6.75. The zero-order chi connectivity index (χ0) is 19.3. The van der Waals surface area contributed by atoms with E-state index in [1.54, 1.807) is 19.3 Å². The molecule has 26 heavy (non-hydrogen) atoms. The average molecular weight is 362 g/mol.